The summed E-state index contributed by atoms with van der Waals surface area (Å²) in [4.78, 5) is 20.3. The van der Waals surface area contributed by atoms with Crippen molar-refractivity contribution in [3.8, 4) is 0 Å². The quantitative estimate of drug-likeness (QED) is 0.853. The fourth-order valence-electron chi connectivity index (χ4n) is 2.07. The van der Waals surface area contributed by atoms with E-state index in [4.69, 9.17) is 0 Å². The molecule has 2 rings (SSSR count). The lowest BCUT2D eigenvalue weighted by atomic mass is 10.1. The molecule has 0 aliphatic carbocycles. The third-order valence-corrected chi connectivity index (χ3v) is 3.57. The van der Waals surface area contributed by atoms with Crippen LogP contribution in [-0.2, 0) is 0 Å². The molecular weight excluding hydrogens is 272 g/mol. The summed E-state index contributed by atoms with van der Waals surface area (Å²) in [5.74, 6) is 1.39. The van der Waals surface area contributed by atoms with E-state index in [0.29, 0.717) is 10.4 Å². The SMILES string of the molecule is CNCC1CCN(c2nc[nH]c(=O)c2Br)C1. The van der Waals surface area contributed by atoms with Gasteiger partial charge in [-0.2, -0.15) is 0 Å². The first-order chi connectivity index (χ1) is 7.72. The monoisotopic (exact) mass is 286 g/mol. The highest BCUT2D eigenvalue weighted by molar-refractivity contribution is 9.10. The van der Waals surface area contributed by atoms with E-state index in [1.807, 2.05) is 7.05 Å². The minimum Gasteiger partial charge on any atom is -0.355 e. The van der Waals surface area contributed by atoms with E-state index >= 15 is 0 Å². The number of H-pyrrole nitrogens is 1. The molecule has 0 radical (unpaired) electrons. The number of rotatable bonds is 3. The van der Waals surface area contributed by atoms with Crippen LogP contribution in [0.2, 0.25) is 0 Å². The van der Waals surface area contributed by atoms with E-state index in [2.05, 4.69) is 36.1 Å². The van der Waals surface area contributed by atoms with Crippen molar-refractivity contribution in [1.82, 2.24) is 15.3 Å². The van der Waals surface area contributed by atoms with Gasteiger partial charge in [0.25, 0.3) is 5.56 Å². The van der Waals surface area contributed by atoms with Crippen molar-refractivity contribution in [2.75, 3.05) is 31.6 Å². The Morgan fingerprint density at radius 2 is 2.56 bits per heavy atom. The molecule has 0 bridgehead atoms. The number of aromatic nitrogens is 2. The Labute approximate surface area is 102 Å². The first-order valence-electron chi connectivity index (χ1n) is 5.35. The summed E-state index contributed by atoms with van der Waals surface area (Å²) in [5.41, 5.74) is -0.123. The first kappa shape index (κ1) is 11.6. The highest BCUT2D eigenvalue weighted by Gasteiger charge is 2.24. The van der Waals surface area contributed by atoms with Crippen molar-refractivity contribution in [3.05, 3.63) is 21.2 Å². The van der Waals surface area contributed by atoms with Gasteiger partial charge in [0.1, 0.15) is 10.3 Å². The molecule has 1 aromatic heterocycles. The Hall–Kier alpha value is -0.880. The van der Waals surface area contributed by atoms with E-state index in [0.717, 1.165) is 31.9 Å². The molecule has 6 heteroatoms. The maximum absolute atomic E-state index is 11.4. The standard InChI is InChI=1S/C10H15BrN4O/c1-12-4-7-2-3-15(5-7)9-8(11)10(16)14-6-13-9/h6-7,12H,2-5H2,1H3,(H,13,14,16). The van der Waals surface area contributed by atoms with Gasteiger partial charge in [0.2, 0.25) is 0 Å². The van der Waals surface area contributed by atoms with E-state index in [-0.39, 0.29) is 5.56 Å². The number of halogens is 1. The van der Waals surface area contributed by atoms with Crippen molar-refractivity contribution < 1.29 is 0 Å². The Balaban J connectivity index is 2.14. The van der Waals surface area contributed by atoms with Gasteiger partial charge in [0.15, 0.2) is 0 Å². The minimum atomic E-state index is -0.123. The van der Waals surface area contributed by atoms with Crippen LogP contribution in [0.1, 0.15) is 6.42 Å². The van der Waals surface area contributed by atoms with Crippen molar-refractivity contribution in [2.24, 2.45) is 5.92 Å². The molecule has 0 spiro atoms. The molecule has 1 aromatic rings. The topological polar surface area (TPSA) is 61.0 Å². The second-order valence-electron chi connectivity index (χ2n) is 4.03. The second-order valence-corrected chi connectivity index (χ2v) is 4.82. The van der Waals surface area contributed by atoms with Crippen LogP contribution < -0.4 is 15.8 Å². The summed E-state index contributed by atoms with van der Waals surface area (Å²) in [6.07, 6.45) is 2.59. The van der Waals surface area contributed by atoms with Crippen LogP contribution in [0.15, 0.2) is 15.6 Å². The fraction of sp³-hybridized carbons (Fsp3) is 0.600. The van der Waals surface area contributed by atoms with Crippen molar-refractivity contribution >= 4 is 21.7 Å². The molecule has 2 N–H and O–H groups in total. The van der Waals surface area contributed by atoms with Crippen molar-refractivity contribution in [3.63, 3.8) is 0 Å². The Kier molecular flexibility index (Phi) is 3.60. The molecule has 2 heterocycles. The Bertz CT molecular complexity index is 420. The number of nitrogens with one attached hydrogen (secondary N) is 2. The van der Waals surface area contributed by atoms with Gasteiger partial charge in [-0.25, -0.2) is 4.98 Å². The summed E-state index contributed by atoms with van der Waals surface area (Å²) in [7, 11) is 1.96. The van der Waals surface area contributed by atoms with Gasteiger partial charge in [-0.15, -0.1) is 0 Å². The van der Waals surface area contributed by atoms with Gasteiger partial charge in [-0.05, 0) is 41.9 Å². The first-order valence-corrected chi connectivity index (χ1v) is 6.14. The van der Waals surface area contributed by atoms with Gasteiger partial charge in [-0.1, -0.05) is 0 Å². The van der Waals surface area contributed by atoms with Crippen LogP contribution in [0.3, 0.4) is 0 Å². The van der Waals surface area contributed by atoms with Gasteiger partial charge >= 0.3 is 0 Å². The number of aromatic amines is 1. The van der Waals surface area contributed by atoms with Crippen LogP contribution >= 0.6 is 15.9 Å². The molecule has 1 aliphatic rings. The number of anilines is 1. The lowest BCUT2D eigenvalue weighted by Gasteiger charge is -2.18. The molecule has 1 unspecified atom stereocenters. The molecule has 0 amide bonds. The number of hydrogen-bond donors (Lipinski definition) is 2. The zero-order valence-corrected chi connectivity index (χ0v) is 10.7. The summed E-state index contributed by atoms with van der Waals surface area (Å²) in [6, 6.07) is 0. The van der Waals surface area contributed by atoms with E-state index < -0.39 is 0 Å². The summed E-state index contributed by atoms with van der Waals surface area (Å²) in [5, 5.41) is 3.18. The number of hydrogen-bond acceptors (Lipinski definition) is 4. The largest absolute Gasteiger partial charge is 0.355 e. The normalized spacial score (nSPS) is 20.4. The molecule has 1 aliphatic heterocycles. The van der Waals surface area contributed by atoms with E-state index in [1.54, 1.807) is 0 Å². The number of nitrogens with zero attached hydrogens (tertiary/aromatic N) is 2. The van der Waals surface area contributed by atoms with Crippen LogP contribution in [0.5, 0.6) is 0 Å². The van der Waals surface area contributed by atoms with Gasteiger partial charge in [0, 0.05) is 13.1 Å². The predicted molar refractivity (Wildman–Crippen MR) is 66.8 cm³/mol. The zero-order valence-electron chi connectivity index (χ0n) is 9.16. The maximum atomic E-state index is 11.4. The minimum absolute atomic E-state index is 0.123. The smallest absolute Gasteiger partial charge is 0.267 e. The van der Waals surface area contributed by atoms with Crippen LogP contribution in [0, 0.1) is 5.92 Å². The molecule has 0 saturated carbocycles. The van der Waals surface area contributed by atoms with E-state index in [9.17, 15) is 4.79 Å². The molecule has 1 saturated heterocycles. The molecule has 16 heavy (non-hydrogen) atoms. The summed E-state index contributed by atoms with van der Waals surface area (Å²) in [6.45, 7) is 2.93. The highest BCUT2D eigenvalue weighted by Crippen LogP contribution is 2.25. The zero-order chi connectivity index (χ0) is 11.5. The highest BCUT2D eigenvalue weighted by atomic mass is 79.9. The molecule has 88 valence electrons. The Morgan fingerprint density at radius 3 is 3.31 bits per heavy atom. The van der Waals surface area contributed by atoms with Gasteiger partial charge in [0.05, 0.1) is 6.33 Å². The summed E-state index contributed by atoms with van der Waals surface area (Å²) < 4.78 is 0.528. The van der Waals surface area contributed by atoms with Gasteiger partial charge < -0.3 is 15.2 Å². The molecular formula is C10H15BrN4O. The third-order valence-electron chi connectivity index (χ3n) is 2.86. The second kappa shape index (κ2) is 4.97. The lowest BCUT2D eigenvalue weighted by Crippen LogP contribution is -2.26. The predicted octanol–water partition coefficient (Wildman–Crippen LogP) is 0.578. The lowest BCUT2D eigenvalue weighted by molar-refractivity contribution is 0.549. The van der Waals surface area contributed by atoms with Crippen molar-refractivity contribution in [2.45, 2.75) is 6.42 Å². The fourth-order valence-corrected chi connectivity index (χ4v) is 2.54. The maximum Gasteiger partial charge on any atom is 0.267 e. The molecule has 1 atom stereocenters. The Morgan fingerprint density at radius 1 is 1.75 bits per heavy atom. The summed E-state index contributed by atoms with van der Waals surface area (Å²) >= 11 is 3.29. The molecule has 5 nitrogen and oxygen atoms in total. The van der Waals surface area contributed by atoms with E-state index in [1.165, 1.54) is 6.33 Å². The average molecular weight is 287 g/mol. The van der Waals surface area contributed by atoms with Crippen LogP contribution in [-0.4, -0.2) is 36.6 Å². The molecule has 0 aromatic carbocycles. The molecule has 1 fully saturated rings. The van der Waals surface area contributed by atoms with Gasteiger partial charge in [-0.3, -0.25) is 4.79 Å². The van der Waals surface area contributed by atoms with Crippen LogP contribution in [0.25, 0.3) is 0 Å². The van der Waals surface area contributed by atoms with Crippen LogP contribution in [0.4, 0.5) is 5.82 Å². The van der Waals surface area contributed by atoms with Crippen molar-refractivity contribution in [1.29, 1.82) is 0 Å². The average Bonchev–Trinajstić information content (AvgIpc) is 2.71. The third kappa shape index (κ3) is 2.27.